The molecule has 4 nitrogen and oxygen atoms in total. The predicted molar refractivity (Wildman–Crippen MR) is 142 cm³/mol. The van der Waals surface area contributed by atoms with Gasteiger partial charge in [-0.2, -0.15) is 0 Å². The van der Waals surface area contributed by atoms with Gasteiger partial charge >= 0.3 is 0 Å². The van der Waals surface area contributed by atoms with E-state index in [4.69, 9.17) is 0 Å². The Morgan fingerprint density at radius 2 is 0.556 bits per heavy atom. The Bertz CT molecular complexity index is 1060. The van der Waals surface area contributed by atoms with Gasteiger partial charge in [0.25, 0.3) is 0 Å². The summed E-state index contributed by atoms with van der Waals surface area (Å²) >= 11 is 0. The van der Waals surface area contributed by atoms with Crippen LogP contribution in [0.4, 0.5) is 0 Å². The summed E-state index contributed by atoms with van der Waals surface area (Å²) in [7, 11) is 0. The van der Waals surface area contributed by atoms with Crippen LogP contribution in [0.3, 0.4) is 0 Å². The maximum absolute atomic E-state index is 9.84. The SMILES string of the molecule is Oc1ccc(C(c2ccc(O)cc2)C2CCC(C(c3ccc(O)cc3)c3ccc(O)cc3)CC2)cc1. The third kappa shape index (κ3) is 5.18. The Morgan fingerprint density at radius 3 is 0.750 bits per heavy atom. The second-order valence-corrected chi connectivity index (χ2v) is 10.00. The quantitative estimate of drug-likeness (QED) is 0.234. The van der Waals surface area contributed by atoms with Crippen LogP contribution in [0.25, 0.3) is 0 Å². The van der Waals surface area contributed by atoms with Crippen LogP contribution >= 0.6 is 0 Å². The van der Waals surface area contributed by atoms with E-state index in [9.17, 15) is 20.4 Å². The minimum absolute atomic E-state index is 0.188. The van der Waals surface area contributed by atoms with Gasteiger partial charge in [0.15, 0.2) is 0 Å². The molecule has 0 spiro atoms. The van der Waals surface area contributed by atoms with Crippen LogP contribution in [0, 0.1) is 11.8 Å². The van der Waals surface area contributed by atoms with Gasteiger partial charge in [0.05, 0.1) is 0 Å². The normalized spacial score (nSPS) is 17.9. The molecule has 5 rings (SSSR count). The molecule has 36 heavy (non-hydrogen) atoms. The summed E-state index contributed by atoms with van der Waals surface area (Å²) in [5.41, 5.74) is 4.71. The van der Waals surface area contributed by atoms with Crippen LogP contribution < -0.4 is 0 Å². The van der Waals surface area contributed by atoms with E-state index in [1.165, 1.54) is 22.3 Å². The average molecular weight is 481 g/mol. The van der Waals surface area contributed by atoms with Crippen LogP contribution in [0.5, 0.6) is 23.0 Å². The molecule has 4 aromatic rings. The van der Waals surface area contributed by atoms with Crippen LogP contribution in [0.2, 0.25) is 0 Å². The number of aromatic hydroxyl groups is 4. The molecule has 1 fully saturated rings. The second kappa shape index (κ2) is 10.4. The molecule has 0 aliphatic heterocycles. The fraction of sp³-hybridized carbons (Fsp3) is 0.250. The van der Waals surface area contributed by atoms with E-state index >= 15 is 0 Å². The van der Waals surface area contributed by atoms with E-state index in [1.54, 1.807) is 48.5 Å². The molecule has 0 aromatic heterocycles. The van der Waals surface area contributed by atoms with E-state index in [2.05, 4.69) is 0 Å². The molecule has 1 saturated carbocycles. The smallest absolute Gasteiger partial charge is 0.115 e. The van der Waals surface area contributed by atoms with Crippen molar-refractivity contribution in [2.24, 2.45) is 11.8 Å². The van der Waals surface area contributed by atoms with Crippen molar-refractivity contribution in [1.29, 1.82) is 0 Å². The third-order valence-corrected chi connectivity index (χ3v) is 7.77. The van der Waals surface area contributed by atoms with Crippen LogP contribution in [0.1, 0.15) is 59.8 Å². The van der Waals surface area contributed by atoms with Crippen LogP contribution in [-0.4, -0.2) is 20.4 Å². The van der Waals surface area contributed by atoms with Gasteiger partial charge in [-0.25, -0.2) is 0 Å². The summed E-state index contributed by atoms with van der Waals surface area (Å²) < 4.78 is 0. The zero-order valence-corrected chi connectivity index (χ0v) is 20.2. The Morgan fingerprint density at radius 1 is 0.361 bits per heavy atom. The lowest BCUT2D eigenvalue weighted by atomic mass is 9.66. The lowest BCUT2D eigenvalue weighted by Gasteiger charge is -2.38. The van der Waals surface area contributed by atoms with E-state index < -0.39 is 0 Å². The van der Waals surface area contributed by atoms with Crippen molar-refractivity contribution in [2.75, 3.05) is 0 Å². The first-order valence-electron chi connectivity index (χ1n) is 12.6. The highest BCUT2D eigenvalue weighted by Crippen LogP contribution is 2.47. The molecular weight excluding hydrogens is 448 g/mol. The fourth-order valence-corrected chi connectivity index (χ4v) is 6.01. The molecule has 0 bridgehead atoms. The number of rotatable bonds is 6. The standard InChI is InChI=1S/C32H32O4/c33-27-13-5-23(6-14-27)31(24-7-15-28(34)16-8-24)21-1-2-22(4-3-21)32(25-9-17-29(35)18-10-25)26-11-19-30(36)20-12-26/h5-22,31-36H,1-4H2. The molecular formula is C32H32O4. The number of phenolic OH excluding ortho intramolecular Hbond substituents is 4. The molecule has 1 aliphatic carbocycles. The average Bonchev–Trinajstić information content (AvgIpc) is 2.90. The zero-order chi connectivity index (χ0) is 25.1. The van der Waals surface area contributed by atoms with Gasteiger partial charge in [-0.1, -0.05) is 48.5 Å². The third-order valence-electron chi connectivity index (χ3n) is 7.77. The molecule has 1 aliphatic rings. The van der Waals surface area contributed by atoms with Crippen molar-refractivity contribution in [3.05, 3.63) is 119 Å². The maximum Gasteiger partial charge on any atom is 0.115 e. The number of phenols is 4. The van der Waals surface area contributed by atoms with Crippen molar-refractivity contribution >= 4 is 0 Å². The highest BCUT2D eigenvalue weighted by Gasteiger charge is 2.34. The predicted octanol–water partition coefficient (Wildman–Crippen LogP) is 7.28. The first-order chi connectivity index (χ1) is 17.5. The van der Waals surface area contributed by atoms with Crippen molar-refractivity contribution in [3.8, 4) is 23.0 Å². The molecule has 0 saturated heterocycles. The zero-order valence-electron chi connectivity index (χ0n) is 20.2. The van der Waals surface area contributed by atoms with Gasteiger partial charge in [-0.05, 0) is 108 Å². The molecule has 0 radical (unpaired) electrons. The van der Waals surface area contributed by atoms with Crippen LogP contribution in [0.15, 0.2) is 97.1 Å². The Labute approximate surface area is 212 Å². The first-order valence-corrected chi connectivity index (χ1v) is 12.6. The largest absolute Gasteiger partial charge is 0.508 e. The van der Waals surface area contributed by atoms with Crippen molar-refractivity contribution in [3.63, 3.8) is 0 Å². The van der Waals surface area contributed by atoms with Crippen molar-refractivity contribution in [2.45, 2.75) is 37.5 Å². The Hall–Kier alpha value is -3.92. The lowest BCUT2D eigenvalue weighted by Crippen LogP contribution is -2.25. The van der Waals surface area contributed by atoms with Gasteiger partial charge in [0.2, 0.25) is 0 Å². The Kier molecular flexibility index (Phi) is 6.86. The topological polar surface area (TPSA) is 80.9 Å². The van der Waals surface area contributed by atoms with Gasteiger partial charge in [-0.15, -0.1) is 0 Å². The molecule has 4 aromatic carbocycles. The molecule has 4 heteroatoms. The van der Waals surface area contributed by atoms with Gasteiger partial charge in [0.1, 0.15) is 23.0 Å². The lowest BCUT2D eigenvalue weighted by molar-refractivity contribution is 0.239. The minimum Gasteiger partial charge on any atom is -0.508 e. The fourth-order valence-electron chi connectivity index (χ4n) is 6.01. The highest BCUT2D eigenvalue weighted by molar-refractivity contribution is 5.40. The van der Waals surface area contributed by atoms with E-state index in [0.29, 0.717) is 11.8 Å². The summed E-state index contributed by atoms with van der Waals surface area (Å²) in [6.07, 6.45) is 4.24. The maximum atomic E-state index is 9.84. The van der Waals surface area contributed by atoms with Crippen molar-refractivity contribution < 1.29 is 20.4 Å². The number of hydrogen-bond donors (Lipinski definition) is 4. The summed E-state index contributed by atoms with van der Waals surface area (Å²) in [5.74, 6) is 2.30. The first kappa shape index (κ1) is 23.8. The molecule has 0 atom stereocenters. The summed E-state index contributed by atoms with van der Waals surface area (Å²) in [5, 5.41) is 39.4. The monoisotopic (exact) mass is 480 g/mol. The van der Waals surface area contributed by atoms with E-state index in [1.807, 2.05) is 48.5 Å². The molecule has 0 unspecified atom stereocenters. The van der Waals surface area contributed by atoms with E-state index in [-0.39, 0.29) is 34.8 Å². The molecule has 0 amide bonds. The van der Waals surface area contributed by atoms with Gasteiger partial charge < -0.3 is 20.4 Å². The number of benzene rings is 4. The molecule has 184 valence electrons. The second-order valence-electron chi connectivity index (χ2n) is 10.00. The summed E-state index contributed by atoms with van der Waals surface area (Å²) in [4.78, 5) is 0. The summed E-state index contributed by atoms with van der Waals surface area (Å²) in [6, 6.07) is 30.1. The highest BCUT2D eigenvalue weighted by atomic mass is 16.3. The molecule has 4 N–H and O–H groups in total. The Balaban J connectivity index is 1.42. The van der Waals surface area contributed by atoms with Gasteiger partial charge in [-0.3, -0.25) is 0 Å². The molecule has 0 heterocycles. The summed E-state index contributed by atoms with van der Waals surface area (Å²) in [6.45, 7) is 0. The van der Waals surface area contributed by atoms with Crippen molar-refractivity contribution in [1.82, 2.24) is 0 Å². The van der Waals surface area contributed by atoms with E-state index in [0.717, 1.165) is 25.7 Å². The minimum atomic E-state index is 0.188. The van der Waals surface area contributed by atoms with Crippen LogP contribution in [-0.2, 0) is 0 Å². The number of hydrogen-bond acceptors (Lipinski definition) is 4. The van der Waals surface area contributed by atoms with Gasteiger partial charge in [0, 0.05) is 11.8 Å².